The first-order chi connectivity index (χ1) is 41.4. The summed E-state index contributed by atoms with van der Waals surface area (Å²) in [6.45, 7) is 12.2. The summed E-state index contributed by atoms with van der Waals surface area (Å²) in [7, 11) is 1.62. The molecule has 4 aliphatic rings. The smallest absolute Gasteiger partial charge is 0.251 e. The van der Waals surface area contributed by atoms with Gasteiger partial charge < -0.3 is 70.7 Å². The van der Waals surface area contributed by atoms with Gasteiger partial charge in [0.25, 0.3) is 5.91 Å². The van der Waals surface area contributed by atoms with Gasteiger partial charge in [-0.1, -0.05) is 68.1 Å². The number of aromatic nitrogens is 2. The topological polar surface area (TPSA) is 250 Å². The van der Waals surface area contributed by atoms with Gasteiger partial charge in [0.05, 0.1) is 70.9 Å². The Balaban J connectivity index is 0.677. The van der Waals surface area contributed by atoms with Crippen molar-refractivity contribution in [1.82, 2.24) is 51.7 Å². The Kier molecular flexibility index (Phi) is 25.4. The lowest BCUT2D eigenvalue weighted by atomic mass is 9.83. The molecule has 3 fully saturated rings. The zero-order valence-electron chi connectivity index (χ0n) is 49.7. The van der Waals surface area contributed by atoms with Crippen molar-refractivity contribution >= 4 is 47.0 Å². The van der Waals surface area contributed by atoms with E-state index >= 15 is 0 Å². The first-order valence-electron chi connectivity index (χ1n) is 30.5. The quantitative estimate of drug-likeness (QED) is 0.0334. The van der Waals surface area contributed by atoms with Crippen molar-refractivity contribution in [3.8, 4) is 11.5 Å². The number of anilines is 1. The molecular formula is C63H88ClN11O10. The first-order valence-corrected chi connectivity index (χ1v) is 30.9. The van der Waals surface area contributed by atoms with Crippen LogP contribution >= 0.6 is 11.6 Å². The molecule has 2 aliphatic carbocycles. The van der Waals surface area contributed by atoms with Crippen LogP contribution in [-0.4, -0.2) is 186 Å². The number of aliphatic hydroxyl groups is 1. The van der Waals surface area contributed by atoms with E-state index in [0.717, 1.165) is 78.8 Å². The number of carbonyl (C=O) groups is 5. The minimum absolute atomic E-state index is 0.0171. The van der Waals surface area contributed by atoms with Crippen molar-refractivity contribution in [2.75, 3.05) is 130 Å². The maximum Gasteiger partial charge on any atom is 0.251 e. The molecule has 3 aromatic carbocycles. The summed E-state index contributed by atoms with van der Waals surface area (Å²) in [6, 6.07) is 19.9. The summed E-state index contributed by atoms with van der Waals surface area (Å²) in [6.07, 6.45) is 8.16. The summed E-state index contributed by atoms with van der Waals surface area (Å²) in [4.78, 5) is 82.6. The number of amides is 5. The Morgan fingerprint density at radius 2 is 1.55 bits per heavy atom. The molecule has 0 spiro atoms. The lowest BCUT2D eigenvalue weighted by Gasteiger charge is -2.38. The van der Waals surface area contributed by atoms with Gasteiger partial charge in [-0.3, -0.25) is 24.0 Å². The number of rotatable bonds is 31. The molecule has 462 valence electrons. The number of nitrogens with zero attached hydrogens (tertiary/aromatic N) is 5. The number of nitrogens with one attached hydrogen (secondary N) is 6. The van der Waals surface area contributed by atoms with Crippen LogP contribution in [-0.2, 0) is 35.2 Å². The second-order valence-corrected chi connectivity index (χ2v) is 22.9. The highest BCUT2D eigenvalue weighted by atomic mass is 35.5. The van der Waals surface area contributed by atoms with E-state index in [9.17, 15) is 29.1 Å². The van der Waals surface area contributed by atoms with Gasteiger partial charge in [-0.15, -0.1) is 0 Å². The summed E-state index contributed by atoms with van der Waals surface area (Å²) in [5.74, 6) is 1.45. The van der Waals surface area contributed by atoms with Crippen molar-refractivity contribution in [1.29, 1.82) is 0 Å². The Bertz CT molecular complexity index is 2800. The lowest BCUT2D eigenvalue weighted by Crippen LogP contribution is -2.52. The standard InChI is InChI=1S/C63H88ClN11O10/c1-4-85-54-36-51(82-3)20-17-48(54)37-67-40-56(78)75-25-9-14-49(41-75)46-12-8-13-47(35-46)61(79)72-58(45-10-6-5-7-11-45)62(80)69-24-31-84-33-32-83-30-23-66-39-55(77)68-22-21-65-38-52(44-15-18-50(64)19-16-44)63(81)74-28-26-73(27-29-74)60-57-43(2)34-53(76)59(57)70-42-71-60/h8,12-13,15-20,35-36,42-43,45,49,52-53,58,65-67,76H,4-7,9-11,14,21-34,37-41H2,1-3H3,(H,68,77)(H,69,80)(H,72,79)/t43-,49?,52-,53-,58-/m1/s1. The average molecular weight is 1190 g/mol. The van der Waals surface area contributed by atoms with Crippen molar-refractivity contribution in [2.45, 2.75) is 102 Å². The van der Waals surface area contributed by atoms with Crippen molar-refractivity contribution in [3.05, 3.63) is 112 Å². The molecule has 4 aromatic rings. The van der Waals surface area contributed by atoms with Crippen LogP contribution in [0.4, 0.5) is 5.82 Å². The minimum Gasteiger partial charge on any atom is -0.497 e. The highest BCUT2D eigenvalue weighted by Crippen LogP contribution is 2.43. The Morgan fingerprint density at radius 1 is 0.776 bits per heavy atom. The molecule has 1 saturated carbocycles. The fourth-order valence-corrected chi connectivity index (χ4v) is 12.1. The van der Waals surface area contributed by atoms with Gasteiger partial charge in [-0.2, -0.15) is 0 Å². The molecule has 0 bridgehead atoms. The fourth-order valence-electron chi connectivity index (χ4n) is 12.0. The summed E-state index contributed by atoms with van der Waals surface area (Å²) in [5.41, 5.74) is 4.99. The fraction of sp³-hybridized carbons (Fsp3) is 0.571. The number of carbonyl (C=O) groups excluding carboxylic acids is 5. The zero-order chi connectivity index (χ0) is 59.9. The van der Waals surface area contributed by atoms with Gasteiger partial charge in [0.2, 0.25) is 23.6 Å². The van der Waals surface area contributed by atoms with Crippen LogP contribution < -0.4 is 46.3 Å². The molecule has 5 amide bonds. The highest BCUT2D eigenvalue weighted by molar-refractivity contribution is 6.30. The van der Waals surface area contributed by atoms with E-state index in [2.05, 4.69) is 53.7 Å². The Labute approximate surface area is 505 Å². The summed E-state index contributed by atoms with van der Waals surface area (Å²) < 4.78 is 22.6. The predicted molar refractivity (Wildman–Crippen MR) is 325 cm³/mol. The molecule has 7 N–H and O–H groups in total. The Morgan fingerprint density at radius 3 is 2.32 bits per heavy atom. The number of aliphatic hydroxyl groups excluding tert-OH is 1. The van der Waals surface area contributed by atoms with Gasteiger partial charge in [0.15, 0.2) is 0 Å². The third kappa shape index (κ3) is 18.8. The van der Waals surface area contributed by atoms with Gasteiger partial charge in [0.1, 0.15) is 29.7 Å². The van der Waals surface area contributed by atoms with E-state index in [4.69, 9.17) is 30.5 Å². The normalized spacial score (nSPS) is 18.7. The van der Waals surface area contributed by atoms with Crippen LogP contribution in [0.15, 0.2) is 73.1 Å². The highest BCUT2D eigenvalue weighted by Gasteiger charge is 2.36. The summed E-state index contributed by atoms with van der Waals surface area (Å²) >= 11 is 6.21. The van der Waals surface area contributed by atoms with Crippen LogP contribution in [0.3, 0.4) is 0 Å². The number of ether oxygens (including phenoxy) is 4. The van der Waals surface area contributed by atoms with E-state index in [1.165, 1.54) is 6.33 Å². The van der Waals surface area contributed by atoms with Crippen molar-refractivity contribution in [2.24, 2.45) is 5.92 Å². The molecule has 3 heterocycles. The molecule has 2 aliphatic heterocycles. The predicted octanol–water partition coefficient (Wildman–Crippen LogP) is 4.83. The number of benzene rings is 3. The van der Waals surface area contributed by atoms with Gasteiger partial charge in [0, 0.05) is 112 Å². The number of hydrogen-bond acceptors (Lipinski definition) is 16. The lowest BCUT2D eigenvalue weighted by molar-refractivity contribution is -0.133. The van der Waals surface area contributed by atoms with Gasteiger partial charge in [-0.05, 0) is 92.3 Å². The van der Waals surface area contributed by atoms with Gasteiger partial charge >= 0.3 is 0 Å². The van der Waals surface area contributed by atoms with Crippen LogP contribution in [0.1, 0.15) is 127 Å². The van der Waals surface area contributed by atoms with E-state index in [-0.39, 0.29) is 73.5 Å². The first kappa shape index (κ1) is 64.5. The number of piperazine rings is 1. The molecule has 85 heavy (non-hydrogen) atoms. The molecule has 0 radical (unpaired) electrons. The number of fused-ring (bicyclic) bond motifs is 1. The molecule has 22 heteroatoms. The van der Waals surface area contributed by atoms with E-state index in [1.807, 2.05) is 65.3 Å². The number of halogens is 1. The summed E-state index contributed by atoms with van der Waals surface area (Å²) in [5, 5.41) is 29.9. The largest absolute Gasteiger partial charge is 0.497 e. The molecule has 1 unspecified atom stereocenters. The Hall–Kier alpha value is -6.46. The van der Waals surface area contributed by atoms with Gasteiger partial charge in [-0.25, -0.2) is 9.97 Å². The van der Waals surface area contributed by atoms with Crippen LogP contribution in [0.25, 0.3) is 0 Å². The molecule has 21 nitrogen and oxygen atoms in total. The number of methoxy groups -OCH3 is 1. The number of hydrogen-bond donors (Lipinski definition) is 7. The van der Waals surface area contributed by atoms with Crippen molar-refractivity contribution in [3.63, 3.8) is 0 Å². The van der Waals surface area contributed by atoms with Crippen LogP contribution in [0.2, 0.25) is 5.02 Å². The van der Waals surface area contributed by atoms with E-state index in [1.54, 1.807) is 25.3 Å². The minimum atomic E-state index is -0.682. The van der Waals surface area contributed by atoms with Crippen LogP contribution in [0, 0.1) is 5.92 Å². The molecule has 2 saturated heterocycles. The van der Waals surface area contributed by atoms with Crippen LogP contribution in [0.5, 0.6) is 11.5 Å². The average Bonchev–Trinajstić information content (AvgIpc) is 3.13. The second-order valence-electron chi connectivity index (χ2n) is 22.5. The monoisotopic (exact) mass is 1190 g/mol. The van der Waals surface area contributed by atoms with E-state index in [0.29, 0.717) is 127 Å². The third-order valence-corrected chi connectivity index (χ3v) is 16.8. The second kappa shape index (κ2) is 33.4. The number of piperidine rings is 1. The van der Waals surface area contributed by atoms with Crippen molar-refractivity contribution < 1.29 is 48.0 Å². The molecule has 1 aromatic heterocycles. The third-order valence-electron chi connectivity index (χ3n) is 16.6. The molecular weight excluding hydrogens is 1110 g/mol. The molecule has 5 atom stereocenters. The molecule has 8 rings (SSSR count). The maximum absolute atomic E-state index is 14.1. The number of likely N-dealkylation sites (tertiary alicyclic amines) is 1. The maximum atomic E-state index is 14.1. The zero-order valence-corrected chi connectivity index (χ0v) is 50.5. The SMILES string of the molecule is CCOc1cc(OC)ccc1CNCC(=O)N1CCCC(c2cccc(C(=O)N[C@@H](C(=O)NCCOCCOCCNCC(=O)NCCNC[C@@H](C(=O)N3CCN(c4ncnc5c4[C@H](C)C[C@H]5O)CC3)c3ccc(Cl)cc3)C3CCCCC3)c2)C1. The van der Waals surface area contributed by atoms with E-state index < -0.39 is 18.1 Å².